The van der Waals surface area contributed by atoms with Crippen LogP contribution in [0.15, 0.2) is 0 Å². The van der Waals surface area contributed by atoms with Gasteiger partial charge in [-0.2, -0.15) is 13.2 Å². The molecule has 0 rings (SSSR count). The molecule has 0 heterocycles. The summed E-state index contributed by atoms with van der Waals surface area (Å²) in [6, 6.07) is 0. The molecule has 0 fully saturated rings. The Labute approximate surface area is 68.3 Å². The van der Waals surface area contributed by atoms with Gasteiger partial charge in [0.2, 0.25) is 5.91 Å². The molecule has 0 aliphatic heterocycles. The zero-order chi connectivity index (χ0) is 9.61. The van der Waals surface area contributed by atoms with Gasteiger partial charge >= 0.3 is 6.18 Å². The van der Waals surface area contributed by atoms with E-state index in [9.17, 15) is 18.0 Å². The lowest BCUT2D eigenvalue weighted by Gasteiger charge is -2.07. The smallest absolute Gasteiger partial charge is 0.346 e. The maximum Gasteiger partial charge on any atom is 0.405 e. The Balaban J connectivity index is 3.44. The zero-order valence-corrected chi connectivity index (χ0v) is 6.66. The normalized spacial score (nSPS) is 11.3. The fourth-order valence-electron chi connectivity index (χ4n) is 0.500. The van der Waals surface area contributed by atoms with Gasteiger partial charge in [-0.3, -0.25) is 4.79 Å². The van der Waals surface area contributed by atoms with Crippen LogP contribution in [0.5, 0.6) is 0 Å². The van der Waals surface area contributed by atoms with Crippen molar-refractivity contribution in [3.8, 4) is 0 Å². The molecule has 72 valence electrons. The third-order valence-corrected chi connectivity index (χ3v) is 1.02. The highest BCUT2D eigenvalue weighted by Crippen LogP contribution is 2.11. The minimum Gasteiger partial charge on any atom is -0.346 e. The van der Waals surface area contributed by atoms with Gasteiger partial charge in [0.1, 0.15) is 6.54 Å². The van der Waals surface area contributed by atoms with Crippen molar-refractivity contribution in [1.29, 1.82) is 0 Å². The number of hydrogen-bond donors (Lipinski definition) is 2. The van der Waals surface area contributed by atoms with E-state index >= 15 is 0 Å². The molecule has 0 saturated heterocycles. The molecule has 1 amide bonds. The number of rotatable bonds is 4. The molecule has 6 heteroatoms. The largest absolute Gasteiger partial charge is 0.405 e. The predicted molar refractivity (Wildman–Crippen MR) is 37.6 cm³/mol. The van der Waals surface area contributed by atoms with Crippen molar-refractivity contribution in [2.75, 3.05) is 19.6 Å². The number of nitrogens with one attached hydrogen (secondary N) is 2. The van der Waals surface area contributed by atoms with Crippen molar-refractivity contribution in [3.63, 3.8) is 0 Å². The summed E-state index contributed by atoms with van der Waals surface area (Å²) in [7, 11) is 0. The summed E-state index contributed by atoms with van der Waals surface area (Å²) in [5, 5.41) is 4.34. The lowest BCUT2D eigenvalue weighted by Crippen LogP contribution is -2.39. The van der Waals surface area contributed by atoms with E-state index in [1.165, 1.54) is 0 Å². The van der Waals surface area contributed by atoms with Crippen molar-refractivity contribution < 1.29 is 18.0 Å². The van der Waals surface area contributed by atoms with Crippen molar-refractivity contribution >= 4 is 5.91 Å². The highest BCUT2D eigenvalue weighted by Gasteiger charge is 2.27. The van der Waals surface area contributed by atoms with Gasteiger partial charge in [-0.15, -0.1) is 0 Å². The second-order valence-corrected chi connectivity index (χ2v) is 2.17. The molecular formula is C6H11F3N2O. The Kier molecular flexibility index (Phi) is 4.65. The van der Waals surface area contributed by atoms with Gasteiger partial charge in [-0.05, 0) is 6.54 Å². The van der Waals surface area contributed by atoms with Crippen molar-refractivity contribution in [2.45, 2.75) is 13.1 Å². The average Bonchev–Trinajstić information content (AvgIpc) is 1.95. The molecule has 0 bridgehead atoms. The second-order valence-electron chi connectivity index (χ2n) is 2.17. The van der Waals surface area contributed by atoms with Crippen LogP contribution in [0.4, 0.5) is 13.2 Å². The molecule has 12 heavy (non-hydrogen) atoms. The van der Waals surface area contributed by atoms with E-state index in [4.69, 9.17) is 0 Å². The van der Waals surface area contributed by atoms with Gasteiger partial charge in [-0.25, -0.2) is 0 Å². The lowest BCUT2D eigenvalue weighted by atomic mass is 10.5. The van der Waals surface area contributed by atoms with Gasteiger partial charge in [0.25, 0.3) is 0 Å². The van der Waals surface area contributed by atoms with Gasteiger partial charge in [-0.1, -0.05) is 6.92 Å². The summed E-state index contributed by atoms with van der Waals surface area (Å²) in [5.74, 6) is -0.644. The summed E-state index contributed by atoms with van der Waals surface area (Å²) in [6.45, 7) is 0.973. The molecule has 0 aliphatic carbocycles. The van der Waals surface area contributed by atoms with Crippen LogP contribution in [-0.2, 0) is 4.79 Å². The van der Waals surface area contributed by atoms with E-state index in [-0.39, 0.29) is 6.54 Å². The van der Waals surface area contributed by atoms with Crippen LogP contribution in [0.25, 0.3) is 0 Å². The van der Waals surface area contributed by atoms with E-state index in [1.54, 1.807) is 12.2 Å². The lowest BCUT2D eigenvalue weighted by molar-refractivity contribution is -0.137. The molecule has 0 spiro atoms. The first kappa shape index (κ1) is 11.2. The minimum absolute atomic E-state index is 0.0768. The van der Waals surface area contributed by atoms with Gasteiger partial charge in [0.05, 0.1) is 6.54 Å². The van der Waals surface area contributed by atoms with Crippen LogP contribution < -0.4 is 10.6 Å². The molecule has 0 aromatic carbocycles. The van der Waals surface area contributed by atoms with Crippen LogP contribution >= 0.6 is 0 Å². The molecule has 0 radical (unpaired) electrons. The molecule has 0 atom stereocenters. The van der Waals surface area contributed by atoms with E-state index in [1.807, 2.05) is 0 Å². The first-order valence-electron chi connectivity index (χ1n) is 3.50. The Morgan fingerprint density at radius 3 is 2.42 bits per heavy atom. The van der Waals surface area contributed by atoms with E-state index in [2.05, 4.69) is 5.32 Å². The Bertz CT molecular complexity index is 146. The fraction of sp³-hybridized carbons (Fsp3) is 0.833. The van der Waals surface area contributed by atoms with Crippen LogP contribution in [-0.4, -0.2) is 31.7 Å². The number of halogens is 3. The average molecular weight is 184 g/mol. The quantitative estimate of drug-likeness (QED) is 0.658. The van der Waals surface area contributed by atoms with Crippen LogP contribution in [0, 0.1) is 0 Å². The highest BCUT2D eigenvalue weighted by atomic mass is 19.4. The van der Waals surface area contributed by atoms with E-state index in [0.717, 1.165) is 0 Å². The first-order valence-corrected chi connectivity index (χ1v) is 3.50. The zero-order valence-electron chi connectivity index (χ0n) is 6.66. The number of likely N-dealkylation sites (N-methyl/N-ethyl adjacent to an activating group) is 1. The molecule has 2 N–H and O–H groups in total. The van der Waals surface area contributed by atoms with E-state index < -0.39 is 18.6 Å². The molecular weight excluding hydrogens is 173 g/mol. The Morgan fingerprint density at radius 1 is 1.42 bits per heavy atom. The Hall–Kier alpha value is -0.780. The Morgan fingerprint density at radius 2 is 2.00 bits per heavy atom. The molecule has 0 saturated carbocycles. The molecule has 0 unspecified atom stereocenters. The summed E-state index contributed by atoms with van der Waals surface area (Å²) in [5.41, 5.74) is 0. The standard InChI is InChI=1S/C6H11F3N2O/c1-2-10-3-5(12)11-4-6(7,8)9/h10H,2-4H2,1H3,(H,11,12). The van der Waals surface area contributed by atoms with Gasteiger partial charge in [0.15, 0.2) is 0 Å². The maximum absolute atomic E-state index is 11.5. The number of alkyl halides is 3. The summed E-state index contributed by atoms with van der Waals surface area (Å²) in [6.07, 6.45) is -4.33. The minimum atomic E-state index is -4.33. The molecule has 0 aromatic heterocycles. The third-order valence-electron chi connectivity index (χ3n) is 1.02. The fourth-order valence-corrected chi connectivity index (χ4v) is 0.500. The second kappa shape index (κ2) is 4.97. The van der Waals surface area contributed by atoms with Crippen molar-refractivity contribution in [1.82, 2.24) is 10.6 Å². The topological polar surface area (TPSA) is 41.1 Å². The highest BCUT2D eigenvalue weighted by molar-refractivity contribution is 5.77. The van der Waals surface area contributed by atoms with Gasteiger partial charge in [0, 0.05) is 0 Å². The summed E-state index contributed by atoms with van der Waals surface area (Å²) in [4.78, 5) is 10.6. The number of carbonyl (C=O) groups excluding carboxylic acids is 1. The predicted octanol–water partition coefficient (Wildman–Crippen LogP) is 0.274. The van der Waals surface area contributed by atoms with Crippen LogP contribution in [0.2, 0.25) is 0 Å². The van der Waals surface area contributed by atoms with Gasteiger partial charge < -0.3 is 10.6 Å². The number of amides is 1. The number of hydrogen-bond acceptors (Lipinski definition) is 2. The SMILES string of the molecule is CCNCC(=O)NCC(F)(F)F. The third kappa shape index (κ3) is 7.33. The molecule has 0 aliphatic rings. The van der Waals surface area contributed by atoms with E-state index in [0.29, 0.717) is 6.54 Å². The summed E-state index contributed by atoms with van der Waals surface area (Å²) < 4.78 is 34.5. The van der Waals surface area contributed by atoms with Crippen LogP contribution in [0.1, 0.15) is 6.92 Å². The van der Waals surface area contributed by atoms with Crippen molar-refractivity contribution in [3.05, 3.63) is 0 Å². The van der Waals surface area contributed by atoms with Crippen LogP contribution in [0.3, 0.4) is 0 Å². The monoisotopic (exact) mass is 184 g/mol. The molecule has 3 nitrogen and oxygen atoms in total. The summed E-state index contributed by atoms with van der Waals surface area (Å²) >= 11 is 0. The first-order chi connectivity index (χ1) is 5.45. The number of carbonyl (C=O) groups is 1. The maximum atomic E-state index is 11.5. The molecule has 0 aromatic rings. The van der Waals surface area contributed by atoms with Crippen molar-refractivity contribution in [2.24, 2.45) is 0 Å².